The van der Waals surface area contributed by atoms with Crippen molar-refractivity contribution in [3.63, 3.8) is 0 Å². The zero-order valence-corrected chi connectivity index (χ0v) is 7.31. The first kappa shape index (κ1) is 7.23. The highest BCUT2D eigenvalue weighted by Gasteiger charge is 2.39. The van der Waals surface area contributed by atoms with Gasteiger partial charge in [0.15, 0.2) is 0 Å². The van der Waals surface area contributed by atoms with Crippen LogP contribution in [0.5, 0.6) is 0 Å². The number of hydrogen-bond acceptors (Lipinski definition) is 1. The van der Waals surface area contributed by atoms with Crippen LogP contribution in [0.25, 0.3) is 0 Å². The Hall–Kier alpha value is -0.430. The van der Waals surface area contributed by atoms with E-state index in [9.17, 15) is 0 Å². The molecule has 0 aromatic heterocycles. The first-order valence-corrected chi connectivity index (χ1v) is 5.09. The van der Waals surface area contributed by atoms with E-state index in [0.29, 0.717) is 5.41 Å². The van der Waals surface area contributed by atoms with Crippen molar-refractivity contribution in [1.29, 1.82) is 0 Å². The van der Waals surface area contributed by atoms with Crippen molar-refractivity contribution in [1.82, 2.24) is 0 Å². The summed E-state index contributed by atoms with van der Waals surface area (Å²) < 4.78 is 0. The molecule has 11 heavy (non-hydrogen) atoms. The second-order valence-electron chi connectivity index (χ2n) is 3.25. The lowest BCUT2D eigenvalue weighted by atomic mass is 10.1. The van der Waals surface area contributed by atoms with Gasteiger partial charge in [0.25, 0.3) is 0 Å². The van der Waals surface area contributed by atoms with Crippen LogP contribution in [-0.4, -0.2) is 5.75 Å². The molecule has 0 amide bonds. The third-order valence-electron chi connectivity index (χ3n) is 2.22. The minimum absolute atomic E-state index is 0.573. The maximum atomic E-state index is 2.36. The number of allylic oxidation sites excluding steroid dienone is 5. The molecule has 1 heterocycles. The summed E-state index contributed by atoms with van der Waals surface area (Å²) in [4.78, 5) is 0. The van der Waals surface area contributed by atoms with Gasteiger partial charge in [-0.2, -0.15) is 0 Å². The van der Waals surface area contributed by atoms with Crippen molar-refractivity contribution < 1.29 is 0 Å². The summed E-state index contributed by atoms with van der Waals surface area (Å²) in [5.41, 5.74) is 0.573. The van der Waals surface area contributed by atoms with Crippen LogP contribution in [0.3, 0.4) is 0 Å². The smallest absolute Gasteiger partial charge is 0.00655 e. The molecular weight excluding hydrogens is 152 g/mol. The Labute approximate surface area is 72.1 Å². The fourth-order valence-electron chi connectivity index (χ4n) is 1.22. The Morgan fingerprint density at radius 2 is 1.82 bits per heavy atom. The van der Waals surface area contributed by atoms with Crippen LogP contribution in [0.1, 0.15) is 12.8 Å². The van der Waals surface area contributed by atoms with Crippen molar-refractivity contribution in [2.75, 3.05) is 5.75 Å². The van der Waals surface area contributed by atoms with Gasteiger partial charge in [-0.15, -0.1) is 11.8 Å². The highest BCUT2D eigenvalue weighted by Crippen LogP contribution is 2.49. The summed E-state index contributed by atoms with van der Waals surface area (Å²) >= 11 is 1.93. The number of thioether (sulfide) groups is 1. The van der Waals surface area contributed by atoms with Gasteiger partial charge in [-0.25, -0.2) is 0 Å². The summed E-state index contributed by atoms with van der Waals surface area (Å²) in [6.45, 7) is 0. The molecule has 1 heteroatoms. The molecule has 0 bridgehead atoms. The van der Waals surface area contributed by atoms with Crippen LogP contribution in [0.4, 0.5) is 0 Å². The molecule has 1 aliphatic carbocycles. The van der Waals surface area contributed by atoms with E-state index in [1.807, 2.05) is 11.8 Å². The fraction of sp³-hybridized carbons (Fsp3) is 0.400. The maximum absolute atomic E-state index is 2.36. The number of hydrogen-bond donors (Lipinski definition) is 0. The highest BCUT2D eigenvalue weighted by atomic mass is 32.2. The van der Waals surface area contributed by atoms with Crippen LogP contribution >= 0.6 is 11.8 Å². The summed E-state index contributed by atoms with van der Waals surface area (Å²) in [6.07, 6.45) is 13.6. The predicted molar refractivity (Wildman–Crippen MR) is 51.5 cm³/mol. The first-order chi connectivity index (χ1) is 5.41. The van der Waals surface area contributed by atoms with E-state index in [-0.39, 0.29) is 0 Å². The Morgan fingerprint density at radius 1 is 1.00 bits per heavy atom. The molecule has 0 radical (unpaired) electrons. The second kappa shape index (κ2) is 2.90. The summed E-state index contributed by atoms with van der Waals surface area (Å²) in [7, 11) is 0. The van der Waals surface area contributed by atoms with Crippen molar-refractivity contribution in [2.45, 2.75) is 12.8 Å². The topological polar surface area (TPSA) is 0 Å². The third kappa shape index (κ3) is 1.78. The molecular formula is C10H12S. The van der Waals surface area contributed by atoms with Crippen molar-refractivity contribution in [3.05, 3.63) is 35.8 Å². The van der Waals surface area contributed by atoms with Crippen LogP contribution in [-0.2, 0) is 0 Å². The third-order valence-corrected chi connectivity index (χ3v) is 3.31. The standard InChI is InChI=1S/C10H12S/c1-2-4-8-11-9-10(5-3-1)6-7-10/h1-5,8H,6-7,9H2/b2-1-,5-3-,8-4-. The SMILES string of the molecule is C1=C\C=C/C2(CC2)CS\C=C/1. The molecule has 0 nitrogen and oxygen atoms in total. The van der Waals surface area contributed by atoms with Gasteiger partial charge in [-0.3, -0.25) is 0 Å². The number of rotatable bonds is 0. The van der Waals surface area contributed by atoms with E-state index in [1.54, 1.807) is 0 Å². The monoisotopic (exact) mass is 164 g/mol. The molecule has 0 N–H and O–H groups in total. The molecule has 0 saturated heterocycles. The lowest BCUT2D eigenvalue weighted by Crippen LogP contribution is -1.97. The largest absolute Gasteiger partial charge is 0.133 e. The van der Waals surface area contributed by atoms with E-state index in [4.69, 9.17) is 0 Å². The molecule has 1 aliphatic heterocycles. The molecule has 0 unspecified atom stereocenters. The lowest BCUT2D eigenvalue weighted by molar-refractivity contribution is 0.765. The van der Waals surface area contributed by atoms with Crippen molar-refractivity contribution >= 4 is 11.8 Å². The van der Waals surface area contributed by atoms with Gasteiger partial charge in [-0.1, -0.05) is 30.4 Å². The Balaban J connectivity index is 2.10. The fourth-order valence-corrected chi connectivity index (χ4v) is 2.24. The summed E-state index contributed by atoms with van der Waals surface area (Å²) in [6, 6.07) is 0. The predicted octanol–water partition coefficient (Wildman–Crippen LogP) is 3.14. The van der Waals surface area contributed by atoms with E-state index < -0.39 is 0 Å². The molecule has 0 aromatic rings. The van der Waals surface area contributed by atoms with Gasteiger partial charge in [0.1, 0.15) is 0 Å². The molecule has 0 aromatic carbocycles. The lowest BCUT2D eigenvalue weighted by Gasteiger charge is -2.04. The maximum Gasteiger partial charge on any atom is 0.00655 e. The van der Waals surface area contributed by atoms with E-state index in [1.165, 1.54) is 18.6 Å². The van der Waals surface area contributed by atoms with Crippen LogP contribution in [0.15, 0.2) is 35.8 Å². The second-order valence-corrected chi connectivity index (χ2v) is 4.14. The molecule has 2 aliphatic rings. The van der Waals surface area contributed by atoms with E-state index >= 15 is 0 Å². The van der Waals surface area contributed by atoms with E-state index in [0.717, 1.165) is 0 Å². The average Bonchev–Trinajstić information content (AvgIpc) is 2.70. The average molecular weight is 164 g/mol. The minimum Gasteiger partial charge on any atom is -0.133 e. The quantitative estimate of drug-likeness (QED) is 0.530. The van der Waals surface area contributed by atoms with E-state index in [2.05, 4.69) is 35.8 Å². The molecule has 1 saturated carbocycles. The Morgan fingerprint density at radius 3 is 2.64 bits per heavy atom. The Bertz CT molecular complexity index is 219. The molecule has 0 atom stereocenters. The molecule has 1 spiro atoms. The van der Waals surface area contributed by atoms with Gasteiger partial charge in [0.2, 0.25) is 0 Å². The van der Waals surface area contributed by atoms with Crippen LogP contribution in [0.2, 0.25) is 0 Å². The normalized spacial score (nSPS) is 34.9. The van der Waals surface area contributed by atoms with Gasteiger partial charge >= 0.3 is 0 Å². The summed E-state index contributed by atoms with van der Waals surface area (Å²) in [5.74, 6) is 1.27. The van der Waals surface area contributed by atoms with Crippen LogP contribution < -0.4 is 0 Å². The molecule has 2 rings (SSSR count). The van der Waals surface area contributed by atoms with Gasteiger partial charge < -0.3 is 0 Å². The summed E-state index contributed by atoms with van der Waals surface area (Å²) in [5, 5.41) is 2.18. The van der Waals surface area contributed by atoms with Gasteiger partial charge in [0.05, 0.1) is 0 Å². The van der Waals surface area contributed by atoms with Gasteiger partial charge in [0, 0.05) is 5.75 Å². The molecule has 58 valence electrons. The molecule has 1 fully saturated rings. The van der Waals surface area contributed by atoms with Gasteiger partial charge in [-0.05, 0) is 23.7 Å². The van der Waals surface area contributed by atoms with Crippen molar-refractivity contribution in [3.8, 4) is 0 Å². The highest BCUT2D eigenvalue weighted by molar-refractivity contribution is 8.02. The van der Waals surface area contributed by atoms with Crippen molar-refractivity contribution in [2.24, 2.45) is 5.41 Å². The Kier molecular flexibility index (Phi) is 1.91. The van der Waals surface area contributed by atoms with Crippen LogP contribution in [0, 0.1) is 5.41 Å². The zero-order chi connectivity index (χ0) is 7.57. The minimum atomic E-state index is 0.573. The first-order valence-electron chi connectivity index (χ1n) is 4.04. The zero-order valence-electron chi connectivity index (χ0n) is 6.49.